The molecule has 0 atom stereocenters. The van der Waals surface area contributed by atoms with Gasteiger partial charge in [-0.1, -0.05) is 54.6 Å². The van der Waals surface area contributed by atoms with Gasteiger partial charge in [-0.05, 0) is 54.9 Å². The van der Waals surface area contributed by atoms with Gasteiger partial charge in [0.2, 0.25) is 0 Å². The number of amides is 2. The molecule has 6 nitrogen and oxygen atoms in total. The predicted octanol–water partition coefficient (Wildman–Crippen LogP) is 3.40. The highest BCUT2D eigenvalue weighted by Gasteiger charge is 2.16. The van der Waals surface area contributed by atoms with Gasteiger partial charge in [-0.3, -0.25) is 9.59 Å². The van der Waals surface area contributed by atoms with Crippen molar-refractivity contribution in [3.8, 4) is 0 Å². The SMILES string of the molecule is O=C(NCCCN1CCN(CCCNC(=O)c2cccc3ccccc23)CC1)c1ccccc1. The lowest BCUT2D eigenvalue weighted by atomic mass is 10.0. The van der Waals surface area contributed by atoms with Crippen LogP contribution in [0.4, 0.5) is 0 Å². The second kappa shape index (κ2) is 12.3. The topological polar surface area (TPSA) is 64.7 Å². The van der Waals surface area contributed by atoms with Crippen molar-refractivity contribution in [1.82, 2.24) is 20.4 Å². The zero-order valence-electron chi connectivity index (χ0n) is 19.7. The molecule has 0 saturated carbocycles. The van der Waals surface area contributed by atoms with Crippen molar-refractivity contribution in [2.45, 2.75) is 12.8 Å². The van der Waals surface area contributed by atoms with Gasteiger partial charge in [0, 0.05) is 50.4 Å². The Labute approximate surface area is 201 Å². The largest absolute Gasteiger partial charge is 0.352 e. The average molecular weight is 459 g/mol. The first-order chi connectivity index (χ1) is 16.7. The molecule has 0 aromatic heterocycles. The summed E-state index contributed by atoms with van der Waals surface area (Å²) in [4.78, 5) is 29.7. The average Bonchev–Trinajstić information content (AvgIpc) is 2.89. The molecule has 1 fully saturated rings. The Hall–Kier alpha value is -3.22. The van der Waals surface area contributed by atoms with Crippen LogP contribution in [-0.4, -0.2) is 74.0 Å². The first-order valence-corrected chi connectivity index (χ1v) is 12.2. The van der Waals surface area contributed by atoms with E-state index in [4.69, 9.17) is 0 Å². The summed E-state index contributed by atoms with van der Waals surface area (Å²) >= 11 is 0. The fourth-order valence-electron chi connectivity index (χ4n) is 4.46. The van der Waals surface area contributed by atoms with Crippen LogP contribution < -0.4 is 10.6 Å². The van der Waals surface area contributed by atoms with Gasteiger partial charge in [-0.15, -0.1) is 0 Å². The van der Waals surface area contributed by atoms with Crippen molar-refractivity contribution in [3.05, 3.63) is 83.9 Å². The minimum atomic E-state index is -0.00189. The Balaban J connectivity index is 1.08. The van der Waals surface area contributed by atoms with E-state index in [9.17, 15) is 9.59 Å². The summed E-state index contributed by atoms with van der Waals surface area (Å²) in [6.07, 6.45) is 1.90. The van der Waals surface area contributed by atoms with Gasteiger partial charge >= 0.3 is 0 Å². The fraction of sp³-hybridized carbons (Fsp3) is 0.357. The van der Waals surface area contributed by atoms with E-state index in [-0.39, 0.29) is 11.8 Å². The van der Waals surface area contributed by atoms with Gasteiger partial charge < -0.3 is 20.4 Å². The highest BCUT2D eigenvalue weighted by Crippen LogP contribution is 2.18. The third kappa shape index (κ3) is 6.65. The zero-order valence-corrected chi connectivity index (χ0v) is 19.7. The van der Waals surface area contributed by atoms with E-state index in [0.717, 1.165) is 68.4 Å². The lowest BCUT2D eigenvalue weighted by Crippen LogP contribution is -2.47. The molecule has 1 aliphatic heterocycles. The molecule has 0 bridgehead atoms. The number of piperazine rings is 1. The van der Waals surface area contributed by atoms with Gasteiger partial charge in [0.25, 0.3) is 11.8 Å². The summed E-state index contributed by atoms with van der Waals surface area (Å²) in [6.45, 7) is 7.58. The van der Waals surface area contributed by atoms with Crippen LogP contribution in [0.15, 0.2) is 72.8 Å². The highest BCUT2D eigenvalue weighted by molar-refractivity contribution is 6.07. The van der Waals surface area contributed by atoms with Crippen LogP contribution in [0, 0.1) is 0 Å². The molecule has 34 heavy (non-hydrogen) atoms. The summed E-state index contributed by atoms with van der Waals surface area (Å²) in [5.41, 5.74) is 1.45. The molecule has 3 aromatic rings. The van der Waals surface area contributed by atoms with Crippen LogP contribution in [0.1, 0.15) is 33.6 Å². The molecule has 178 valence electrons. The van der Waals surface area contributed by atoms with Gasteiger partial charge in [-0.2, -0.15) is 0 Å². The zero-order chi connectivity index (χ0) is 23.6. The quantitative estimate of drug-likeness (QED) is 0.457. The normalized spacial score (nSPS) is 14.7. The number of carbonyl (C=O) groups excluding carboxylic acids is 2. The minimum absolute atomic E-state index is 0.000902. The Kier molecular flexibility index (Phi) is 8.65. The summed E-state index contributed by atoms with van der Waals surface area (Å²) in [7, 11) is 0. The Morgan fingerprint density at radius 1 is 0.647 bits per heavy atom. The van der Waals surface area contributed by atoms with Crippen molar-refractivity contribution < 1.29 is 9.59 Å². The molecule has 0 unspecified atom stereocenters. The van der Waals surface area contributed by atoms with Gasteiger partial charge in [0.1, 0.15) is 0 Å². The summed E-state index contributed by atoms with van der Waals surface area (Å²) in [5.74, 6) is -0.000985. The number of nitrogens with one attached hydrogen (secondary N) is 2. The summed E-state index contributed by atoms with van der Waals surface area (Å²) < 4.78 is 0. The predicted molar refractivity (Wildman–Crippen MR) is 137 cm³/mol. The van der Waals surface area contributed by atoms with Gasteiger partial charge in [0.05, 0.1) is 0 Å². The molecular formula is C28H34N4O2. The van der Waals surface area contributed by atoms with Crippen molar-refractivity contribution in [2.24, 2.45) is 0 Å². The molecule has 0 spiro atoms. The maximum Gasteiger partial charge on any atom is 0.251 e. The maximum absolute atomic E-state index is 12.6. The van der Waals surface area contributed by atoms with E-state index < -0.39 is 0 Å². The number of hydrogen-bond acceptors (Lipinski definition) is 4. The van der Waals surface area contributed by atoms with Gasteiger partial charge in [-0.25, -0.2) is 0 Å². The standard InChI is InChI=1S/C28H34N4O2/c33-27(24-10-2-1-3-11-24)29-15-7-17-31-19-21-32(22-20-31)18-8-16-30-28(34)26-14-6-12-23-9-4-5-13-25(23)26/h1-6,9-14H,7-8,15-22H2,(H,29,33)(H,30,34). The molecule has 1 heterocycles. The van der Waals surface area contributed by atoms with E-state index in [1.54, 1.807) is 0 Å². The smallest absolute Gasteiger partial charge is 0.251 e. The van der Waals surface area contributed by atoms with Crippen LogP contribution in [0.5, 0.6) is 0 Å². The van der Waals surface area contributed by atoms with Crippen molar-refractivity contribution >= 4 is 22.6 Å². The molecule has 4 rings (SSSR count). The molecule has 2 amide bonds. The summed E-state index contributed by atoms with van der Waals surface area (Å²) in [5, 5.41) is 8.17. The Bertz CT molecular complexity index is 1070. The molecule has 2 N–H and O–H groups in total. The number of carbonyl (C=O) groups is 2. The fourth-order valence-corrected chi connectivity index (χ4v) is 4.46. The Morgan fingerprint density at radius 2 is 1.21 bits per heavy atom. The highest BCUT2D eigenvalue weighted by atomic mass is 16.2. The van der Waals surface area contributed by atoms with Crippen molar-refractivity contribution in [3.63, 3.8) is 0 Å². The lowest BCUT2D eigenvalue weighted by molar-refractivity contribution is 0.0935. The first kappa shape index (κ1) is 23.9. The second-order valence-electron chi connectivity index (χ2n) is 8.79. The lowest BCUT2D eigenvalue weighted by Gasteiger charge is -2.34. The van der Waals surface area contributed by atoms with E-state index in [1.807, 2.05) is 72.8 Å². The van der Waals surface area contributed by atoms with Crippen LogP contribution in [0.3, 0.4) is 0 Å². The number of nitrogens with zero attached hydrogens (tertiary/aromatic N) is 2. The number of benzene rings is 3. The van der Waals surface area contributed by atoms with Crippen molar-refractivity contribution in [1.29, 1.82) is 0 Å². The molecule has 0 radical (unpaired) electrons. The first-order valence-electron chi connectivity index (χ1n) is 12.2. The molecule has 3 aromatic carbocycles. The molecular weight excluding hydrogens is 424 g/mol. The molecule has 0 aliphatic carbocycles. The monoisotopic (exact) mass is 458 g/mol. The van der Waals surface area contributed by atoms with Crippen LogP contribution in [-0.2, 0) is 0 Å². The van der Waals surface area contributed by atoms with E-state index in [0.29, 0.717) is 18.7 Å². The maximum atomic E-state index is 12.6. The molecule has 1 aliphatic rings. The third-order valence-electron chi connectivity index (χ3n) is 6.41. The third-order valence-corrected chi connectivity index (χ3v) is 6.41. The van der Waals surface area contributed by atoms with Crippen molar-refractivity contribution in [2.75, 3.05) is 52.4 Å². The van der Waals surface area contributed by atoms with E-state index in [2.05, 4.69) is 20.4 Å². The van der Waals surface area contributed by atoms with Crippen LogP contribution >= 0.6 is 0 Å². The summed E-state index contributed by atoms with van der Waals surface area (Å²) in [6, 6.07) is 23.2. The van der Waals surface area contributed by atoms with E-state index in [1.165, 1.54) is 0 Å². The number of hydrogen-bond donors (Lipinski definition) is 2. The van der Waals surface area contributed by atoms with Crippen LogP contribution in [0.25, 0.3) is 10.8 Å². The van der Waals surface area contributed by atoms with Crippen LogP contribution in [0.2, 0.25) is 0 Å². The minimum Gasteiger partial charge on any atom is -0.352 e. The Morgan fingerprint density at radius 3 is 1.88 bits per heavy atom. The van der Waals surface area contributed by atoms with E-state index >= 15 is 0 Å². The second-order valence-corrected chi connectivity index (χ2v) is 8.79. The molecule has 1 saturated heterocycles. The number of rotatable bonds is 10. The number of fused-ring (bicyclic) bond motifs is 1. The van der Waals surface area contributed by atoms with Gasteiger partial charge in [0.15, 0.2) is 0 Å². The molecule has 6 heteroatoms.